The van der Waals surface area contributed by atoms with Crippen molar-refractivity contribution in [3.05, 3.63) is 35.1 Å². The Morgan fingerprint density at radius 2 is 2.21 bits per heavy atom. The lowest BCUT2D eigenvalue weighted by molar-refractivity contribution is 0.599. The largest absolute Gasteiger partial charge is 0.326 e. The highest BCUT2D eigenvalue weighted by Crippen LogP contribution is 2.25. The van der Waals surface area contributed by atoms with E-state index in [1.54, 1.807) is 6.07 Å². The quantitative estimate of drug-likeness (QED) is 0.703. The van der Waals surface area contributed by atoms with Gasteiger partial charge in [0.15, 0.2) is 0 Å². The van der Waals surface area contributed by atoms with E-state index in [0.717, 1.165) is 24.2 Å². The molecule has 76 valence electrons. The molecule has 14 heavy (non-hydrogen) atoms. The summed E-state index contributed by atoms with van der Waals surface area (Å²) in [6.45, 7) is 3.49. The molecule has 1 fully saturated rings. The molecule has 2 nitrogen and oxygen atoms in total. The molecule has 0 aromatic heterocycles. The van der Waals surface area contributed by atoms with Gasteiger partial charge < -0.3 is 11.1 Å². The van der Waals surface area contributed by atoms with Gasteiger partial charge in [-0.15, -0.1) is 0 Å². The summed E-state index contributed by atoms with van der Waals surface area (Å²) in [5, 5.41) is 3.22. The highest BCUT2D eigenvalue weighted by atomic mass is 19.1. The molecule has 1 saturated heterocycles. The molecule has 2 unspecified atom stereocenters. The first-order chi connectivity index (χ1) is 6.70. The Morgan fingerprint density at radius 1 is 1.43 bits per heavy atom. The van der Waals surface area contributed by atoms with Crippen molar-refractivity contribution < 1.29 is 4.39 Å². The maximum absolute atomic E-state index is 13.3. The summed E-state index contributed by atoms with van der Waals surface area (Å²) >= 11 is 0. The number of hydrogen-bond donors (Lipinski definition) is 2. The highest BCUT2D eigenvalue weighted by Gasteiger charge is 2.26. The Kier molecular flexibility index (Phi) is 2.52. The van der Waals surface area contributed by atoms with Crippen LogP contribution in [-0.4, -0.2) is 19.1 Å². The molecule has 2 atom stereocenters. The Balaban J connectivity index is 2.36. The van der Waals surface area contributed by atoms with Crippen LogP contribution in [0.3, 0.4) is 0 Å². The second kappa shape index (κ2) is 3.67. The molecule has 0 saturated carbocycles. The van der Waals surface area contributed by atoms with Crippen LogP contribution in [0.1, 0.15) is 17.0 Å². The van der Waals surface area contributed by atoms with Gasteiger partial charge >= 0.3 is 0 Å². The molecule has 0 amide bonds. The van der Waals surface area contributed by atoms with E-state index in [1.165, 1.54) is 6.07 Å². The molecule has 1 aliphatic rings. The third kappa shape index (κ3) is 1.53. The summed E-state index contributed by atoms with van der Waals surface area (Å²) in [5.74, 6) is 0.118. The Morgan fingerprint density at radius 3 is 2.86 bits per heavy atom. The van der Waals surface area contributed by atoms with E-state index in [4.69, 9.17) is 5.73 Å². The molecule has 1 aromatic carbocycles. The smallest absolute Gasteiger partial charge is 0.126 e. The minimum atomic E-state index is -0.137. The van der Waals surface area contributed by atoms with E-state index in [2.05, 4.69) is 5.32 Å². The minimum absolute atomic E-state index is 0.107. The topological polar surface area (TPSA) is 38.0 Å². The first kappa shape index (κ1) is 9.62. The van der Waals surface area contributed by atoms with Crippen LogP contribution in [0, 0.1) is 12.7 Å². The molecule has 1 aromatic rings. The van der Waals surface area contributed by atoms with Crippen molar-refractivity contribution in [1.29, 1.82) is 0 Å². The zero-order chi connectivity index (χ0) is 10.1. The molecule has 1 aliphatic heterocycles. The summed E-state index contributed by atoms with van der Waals surface area (Å²) in [6.07, 6.45) is 0. The van der Waals surface area contributed by atoms with E-state index in [0.29, 0.717) is 0 Å². The van der Waals surface area contributed by atoms with Crippen LogP contribution in [0.15, 0.2) is 18.2 Å². The lowest BCUT2D eigenvalue weighted by Crippen LogP contribution is -2.28. The summed E-state index contributed by atoms with van der Waals surface area (Å²) < 4.78 is 13.3. The third-order valence-electron chi connectivity index (χ3n) is 2.97. The van der Waals surface area contributed by atoms with Gasteiger partial charge in [0.05, 0.1) is 0 Å². The third-order valence-corrected chi connectivity index (χ3v) is 2.97. The standard InChI is InChI=1S/C11H15FN2/c1-7-8(3-2-4-10(7)12)9-5-14-6-11(9)13/h2-4,9,11,14H,5-6,13H2,1H3. The van der Waals surface area contributed by atoms with Gasteiger partial charge in [0.2, 0.25) is 0 Å². The van der Waals surface area contributed by atoms with Crippen LogP contribution in [0.25, 0.3) is 0 Å². The minimum Gasteiger partial charge on any atom is -0.326 e. The maximum atomic E-state index is 13.3. The molecule has 1 heterocycles. The normalized spacial score (nSPS) is 26.8. The molecule has 3 heteroatoms. The predicted octanol–water partition coefficient (Wildman–Crippen LogP) is 1.15. The second-order valence-corrected chi connectivity index (χ2v) is 3.88. The summed E-state index contributed by atoms with van der Waals surface area (Å²) in [5.41, 5.74) is 7.72. The molecule has 3 N–H and O–H groups in total. The molecular weight excluding hydrogens is 179 g/mol. The molecule has 0 radical (unpaired) electrons. The molecular formula is C11H15FN2. The number of halogens is 1. The summed E-state index contributed by atoms with van der Waals surface area (Å²) in [7, 11) is 0. The summed E-state index contributed by atoms with van der Waals surface area (Å²) in [6, 6.07) is 5.32. The Labute approximate surface area is 83.3 Å². The van der Waals surface area contributed by atoms with Crippen molar-refractivity contribution >= 4 is 0 Å². The first-order valence-electron chi connectivity index (χ1n) is 4.91. The average molecular weight is 194 g/mol. The molecule has 0 bridgehead atoms. The van der Waals surface area contributed by atoms with Gasteiger partial charge in [-0.2, -0.15) is 0 Å². The van der Waals surface area contributed by atoms with Crippen LogP contribution in [0.4, 0.5) is 4.39 Å². The fourth-order valence-electron chi connectivity index (χ4n) is 2.07. The lowest BCUT2D eigenvalue weighted by Gasteiger charge is -2.17. The van der Waals surface area contributed by atoms with E-state index in [9.17, 15) is 4.39 Å². The zero-order valence-corrected chi connectivity index (χ0v) is 8.26. The number of hydrogen-bond acceptors (Lipinski definition) is 2. The fraction of sp³-hybridized carbons (Fsp3) is 0.455. The van der Waals surface area contributed by atoms with E-state index < -0.39 is 0 Å². The van der Waals surface area contributed by atoms with Crippen LogP contribution in [-0.2, 0) is 0 Å². The van der Waals surface area contributed by atoms with Crippen LogP contribution < -0.4 is 11.1 Å². The lowest BCUT2D eigenvalue weighted by atomic mass is 9.91. The van der Waals surface area contributed by atoms with Crippen molar-refractivity contribution in [3.63, 3.8) is 0 Å². The highest BCUT2D eigenvalue weighted by molar-refractivity contribution is 5.32. The van der Waals surface area contributed by atoms with E-state index in [-0.39, 0.29) is 17.8 Å². The molecule has 0 aliphatic carbocycles. The van der Waals surface area contributed by atoms with Crippen LogP contribution >= 0.6 is 0 Å². The van der Waals surface area contributed by atoms with E-state index >= 15 is 0 Å². The first-order valence-corrected chi connectivity index (χ1v) is 4.91. The Hall–Kier alpha value is -0.930. The number of nitrogens with one attached hydrogen (secondary N) is 1. The number of nitrogens with two attached hydrogens (primary N) is 1. The molecule has 2 rings (SSSR count). The van der Waals surface area contributed by atoms with Crippen molar-refractivity contribution in [2.45, 2.75) is 18.9 Å². The Bertz CT molecular complexity index is 338. The van der Waals surface area contributed by atoms with E-state index in [1.807, 2.05) is 13.0 Å². The molecule has 0 spiro atoms. The SMILES string of the molecule is Cc1c(F)cccc1C1CNCC1N. The van der Waals surface area contributed by atoms with Crippen molar-refractivity contribution in [2.24, 2.45) is 5.73 Å². The summed E-state index contributed by atoms with van der Waals surface area (Å²) in [4.78, 5) is 0. The fourth-order valence-corrected chi connectivity index (χ4v) is 2.07. The maximum Gasteiger partial charge on any atom is 0.126 e. The second-order valence-electron chi connectivity index (χ2n) is 3.88. The predicted molar refractivity (Wildman–Crippen MR) is 54.7 cm³/mol. The average Bonchev–Trinajstić information content (AvgIpc) is 2.57. The van der Waals surface area contributed by atoms with Crippen molar-refractivity contribution in [3.8, 4) is 0 Å². The van der Waals surface area contributed by atoms with Crippen molar-refractivity contribution in [1.82, 2.24) is 5.32 Å². The van der Waals surface area contributed by atoms with Gasteiger partial charge in [-0.1, -0.05) is 12.1 Å². The van der Waals surface area contributed by atoms with Gasteiger partial charge in [-0.25, -0.2) is 4.39 Å². The van der Waals surface area contributed by atoms with Gasteiger partial charge in [-0.05, 0) is 24.1 Å². The van der Waals surface area contributed by atoms with Gasteiger partial charge in [-0.3, -0.25) is 0 Å². The monoisotopic (exact) mass is 194 g/mol. The van der Waals surface area contributed by atoms with Crippen LogP contribution in [0.2, 0.25) is 0 Å². The number of rotatable bonds is 1. The zero-order valence-electron chi connectivity index (χ0n) is 8.26. The van der Waals surface area contributed by atoms with Gasteiger partial charge in [0, 0.05) is 25.0 Å². The van der Waals surface area contributed by atoms with Crippen LogP contribution in [0.5, 0.6) is 0 Å². The van der Waals surface area contributed by atoms with Crippen molar-refractivity contribution in [2.75, 3.05) is 13.1 Å². The van der Waals surface area contributed by atoms with Gasteiger partial charge in [0.25, 0.3) is 0 Å². The number of benzene rings is 1. The van der Waals surface area contributed by atoms with Gasteiger partial charge in [0.1, 0.15) is 5.82 Å².